The fourth-order valence-electron chi connectivity index (χ4n) is 2.60. The molecule has 1 heterocycles. The van der Waals surface area contributed by atoms with Crippen molar-refractivity contribution in [2.45, 2.75) is 26.7 Å². The van der Waals surface area contributed by atoms with Crippen molar-refractivity contribution in [1.82, 2.24) is 4.98 Å². The van der Waals surface area contributed by atoms with Crippen molar-refractivity contribution in [3.63, 3.8) is 0 Å². The monoisotopic (exact) mass is 370 g/mol. The van der Waals surface area contributed by atoms with Crippen molar-refractivity contribution in [2.24, 2.45) is 0 Å². The summed E-state index contributed by atoms with van der Waals surface area (Å²) in [6.45, 7) is 4.94. The Balaban J connectivity index is 1.61. The summed E-state index contributed by atoms with van der Waals surface area (Å²) in [5, 5.41) is 3.89. The number of carbonyl (C=O) groups excluding carboxylic acids is 1. The second-order valence-corrected chi connectivity index (χ2v) is 6.77. The number of nitrogens with one attached hydrogen (secondary N) is 1. The predicted octanol–water partition coefficient (Wildman–Crippen LogP) is 4.67. The van der Waals surface area contributed by atoms with Gasteiger partial charge in [-0.2, -0.15) is 0 Å². The van der Waals surface area contributed by atoms with Gasteiger partial charge in [-0.05, 0) is 38.1 Å². The van der Waals surface area contributed by atoms with Gasteiger partial charge >= 0.3 is 0 Å². The molecule has 3 rings (SSSR count). The van der Waals surface area contributed by atoms with Gasteiger partial charge in [0.1, 0.15) is 0 Å². The minimum absolute atomic E-state index is 0.0455. The Morgan fingerprint density at radius 1 is 1.08 bits per heavy atom. The Hall–Kier alpha value is -2.60. The van der Waals surface area contributed by atoms with Gasteiger partial charge in [0, 0.05) is 24.6 Å². The summed E-state index contributed by atoms with van der Waals surface area (Å²) in [6, 6.07) is 13.4. The quantitative estimate of drug-likeness (QED) is 0.626. The van der Waals surface area contributed by atoms with Crippen LogP contribution in [0.4, 0.5) is 5.69 Å². The highest BCUT2D eigenvalue weighted by Crippen LogP contribution is 2.30. The van der Waals surface area contributed by atoms with Crippen LogP contribution in [0, 0.1) is 0 Å². The van der Waals surface area contributed by atoms with Crippen LogP contribution in [0.1, 0.15) is 25.3 Å². The van der Waals surface area contributed by atoms with E-state index in [9.17, 15) is 4.79 Å². The molecule has 0 atom stereocenters. The summed E-state index contributed by atoms with van der Waals surface area (Å²) in [6.07, 6.45) is 1.01. The van der Waals surface area contributed by atoms with Crippen LogP contribution in [-0.4, -0.2) is 24.1 Å². The maximum Gasteiger partial charge on any atom is 0.224 e. The first-order valence-corrected chi connectivity index (χ1v) is 9.55. The molecule has 6 heteroatoms. The van der Waals surface area contributed by atoms with Crippen molar-refractivity contribution < 1.29 is 14.3 Å². The Morgan fingerprint density at radius 3 is 2.62 bits per heavy atom. The summed E-state index contributed by atoms with van der Waals surface area (Å²) in [4.78, 5) is 16.8. The maximum atomic E-state index is 12.3. The Kier molecular flexibility index (Phi) is 6.07. The molecule has 1 aromatic heterocycles. The van der Waals surface area contributed by atoms with Gasteiger partial charge < -0.3 is 14.8 Å². The van der Waals surface area contributed by atoms with Crippen LogP contribution in [0.25, 0.3) is 10.2 Å². The normalized spacial score (nSPS) is 10.7. The van der Waals surface area contributed by atoms with Crippen LogP contribution in [0.5, 0.6) is 11.5 Å². The molecule has 0 saturated carbocycles. The van der Waals surface area contributed by atoms with Gasteiger partial charge in [0.05, 0.1) is 28.4 Å². The minimum atomic E-state index is -0.0455. The van der Waals surface area contributed by atoms with E-state index in [1.165, 1.54) is 0 Å². The number of anilines is 1. The largest absolute Gasteiger partial charge is 0.490 e. The molecule has 136 valence electrons. The van der Waals surface area contributed by atoms with E-state index in [0.717, 1.165) is 15.2 Å². The van der Waals surface area contributed by atoms with Crippen LogP contribution >= 0.6 is 11.3 Å². The predicted molar refractivity (Wildman–Crippen MR) is 105 cm³/mol. The fraction of sp³-hybridized carbons (Fsp3) is 0.300. The highest BCUT2D eigenvalue weighted by atomic mass is 32.1. The summed E-state index contributed by atoms with van der Waals surface area (Å²) < 4.78 is 12.3. The van der Waals surface area contributed by atoms with Crippen molar-refractivity contribution in [3.05, 3.63) is 47.5 Å². The van der Waals surface area contributed by atoms with Gasteiger partial charge in [-0.15, -0.1) is 11.3 Å². The number of hydrogen-bond acceptors (Lipinski definition) is 5. The van der Waals surface area contributed by atoms with Crippen LogP contribution in [0.2, 0.25) is 0 Å². The highest BCUT2D eigenvalue weighted by Gasteiger charge is 2.10. The zero-order chi connectivity index (χ0) is 18.4. The van der Waals surface area contributed by atoms with Gasteiger partial charge in [0.25, 0.3) is 0 Å². The highest BCUT2D eigenvalue weighted by molar-refractivity contribution is 7.18. The lowest BCUT2D eigenvalue weighted by molar-refractivity contribution is -0.116. The number of hydrogen-bond donors (Lipinski definition) is 1. The molecule has 0 bridgehead atoms. The van der Waals surface area contributed by atoms with E-state index in [1.807, 2.05) is 50.2 Å². The average molecular weight is 370 g/mol. The first-order valence-electron chi connectivity index (χ1n) is 8.73. The standard InChI is InChI=1S/C20H22N2O3S/c1-3-24-16-10-9-14(13-17(16)25-4-2)21-19(23)11-12-20-22-15-7-5-6-8-18(15)26-20/h5-10,13H,3-4,11-12H2,1-2H3,(H,21,23). The Morgan fingerprint density at radius 2 is 1.85 bits per heavy atom. The molecule has 0 aliphatic rings. The van der Waals surface area contributed by atoms with E-state index >= 15 is 0 Å². The molecule has 0 aliphatic carbocycles. The Labute approximate surface area is 157 Å². The number of thiazole rings is 1. The second kappa shape index (κ2) is 8.67. The zero-order valence-electron chi connectivity index (χ0n) is 15.0. The van der Waals surface area contributed by atoms with Crippen molar-refractivity contribution >= 4 is 33.1 Å². The van der Waals surface area contributed by atoms with Crippen molar-refractivity contribution in [3.8, 4) is 11.5 Å². The van der Waals surface area contributed by atoms with E-state index < -0.39 is 0 Å². The lowest BCUT2D eigenvalue weighted by atomic mass is 10.2. The molecule has 0 radical (unpaired) electrons. The first-order chi connectivity index (χ1) is 12.7. The number of amides is 1. The molecule has 0 saturated heterocycles. The smallest absolute Gasteiger partial charge is 0.224 e. The molecule has 0 fully saturated rings. The van der Waals surface area contributed by atoms with Crippen LogP contribution in [-0.2, 0) is 11.2 Å². The number of ether oxygens (including phenoxy) is 2. The molecule has 3 aromatic rings. The summed E-state index contributed by atoms with van der Waals surface area (Å²) in [7, 11) is 0. The fourth-order valence-corrected chi connectivity index (χ4v) is 3.57. The number of para-hydroxylation sites is 1. The Bertz CT molecular complexity index is 859. The van der Waals surface area contributed by atoms with E-state index in [-0.39, 0.29) is 5.91 Å². The van der Waals surface area contributed by atoms with Gasteiger partial charge in [-0.25, -0.2) is 4.98 Å². The van der Waals surface area contributed by atoms with Crippen molar-refractivity contribution in [2.75, 3.05) is 18.5 Å². The lowest BCUT2D eigenvalue weighted by Crippen LogP contribution is -2.12. The third-order valence-electron chi connectivity index (χ3n) is 3.73. The number of fused-ring (bicyclic) bond motifs is 1. The minimum Gasteiger partial charge on any atom is -0.490 e. The number of rotatable bonds is 8. The van der Waals surface area contributed by atoms with Gasteiger partial charge in [-0.3, -0.25) is 4.79 Å². The zero-order valence-corrected chi connectivity index (χ0v) is 15.8. The SMILES string of the molecule is CCOc1ccc(NC(=O)CCc2nc3ccccc3s2)cc1OCC. The number of carbonyl (C=O) groups is 1. The summed E-state index contributed by atoms with van der Waals surface area (Å²) in [5.41, 5.74) is 1.69. The van der Waals surface area contributed by atoms with Gasteiger partial charge in [0.2, 0.25) is 5.91 Å². The second-order valence-electron chi connectivity index (χ2n) is 5.65. The first kappa shape index (κ1) is 18.2. The van der Waals surface area contributed by atoms with Crippen molar-refractivity contribution in [1.29, 1.82) is 0 Å². The molecule has 26 heavy (non-hydrogen) atoms. The molecule has 2 aromatic carbocycles. The molecule has 0 aliphatic heterocycles. The third kappa shape index (κ3) is 4.52. The number of aromatic nitrogens is 1. The molecule has 1 N–H and O–H groups in total. The van der Waals surface area contributed by atoms with Crippen LogP contribution < -0.4 is 14.8 Å². The molecule has 0 unspecified atom stereocenters. The molecular formula is C20H22N2O3S. The number of nitrogens with zero attached hydrogens (tertiary/aromatic N) is 1. The molecule has 5 nitrogen and oxygen atoms in total. The lowest BCUT2D eigenvalue weighted by Gasteiger charge is -2.13. The van der Waals surface area contributed by atoms with Crippen LogP contribution in [0.3, 0.4) is 0 Å². The summed E-state index contributed by atoms with van der Waals surface area (Å²) >= 11 is 1.63. The molecular weight excluding hydrogens is 348 g/mol. The van der Waals surface area contributed by atoms with E-state index in [0.29, 0.717) is 43.2 Å². The van der Waals surface area contributed by atoms with Gasteiger partial charge in [0.15, 0.2) is 11.5 Å². The van der Waals surface area contributed by atoms with E-state index in [1.54, 1.807) is 17.4 Å². The van der Waals surface area contributed by atoms with Gasteiger partial charge in [-0.1, -0.05) is 12.1 Å². The van der Waals surface area contributed by atoms with E-state index in [2.05, 4.69) is 10.3 Å². The summed E-state index contributed by atoms with van der Waals surface area (Å²) in [5.74, 6) is 1.27. The number of benzene rings is 2. The molecule has 0 spiro atoms. The molecule has 1 amide bonds. The van der Waals surface area contributed by atoms with Crippen LogP contribution in [0.15, 0.2) is 42.5 Å². The third-order valence-corrected chi connectivity index (χ3v) is 4.83. The average Bonchev–Trinajstić information content (AvgIpc) is 3.05. The number of aryl methyl sites for hydroxylation is 1. The van der Waals surface area contributed by atoms with E-state index in [4.69, 9.17) is 9.47 Å². The topological polar surface area (TPSA) is 60.5 Å². The maximum absolute atomic E-state index is 12.3.